The second kappa shape index (κ2) is 10.4. The molecule has 2 aliphatic rings. The lowest BCUT2D eigenvalue weighted by molar-refractivity contribution is 0.0526. The van der Waals surface area contributed by atoms with E-state index in [4.69, 9.17) is 9.47 Å². The zero-order valence-electron chi connectivity index (χ0n) is 20.6. The highest BCUT2D eigenvalue weighted by Gasteiger charge is 2.38. The van der Waals surface area contributed by atoms with Crippen LogP contribution in [0, 0.1) is 5.41 Å². The van der Waals surface area contributed by atoms with E-state index in [2.05, 4.69) is 30.3 Å². The van der Waals surface area contributed by atoms with Crippen molar-refractivity contribution in [3.8, 4) is 0 Å². The van der Waals surface area contributed by atoms with E-state index < -0.39 is 0 Å². The van der Waals surface area contributed by atoms with E-state index in [9.17, 15) is 9.59 Å². The number of carbonyl (C=O) groups is 2. The minimum Gasteiger partial charge on any atom is -0.462 e. The molecule has 3 aromatic carbocycles. The first kappa shape index (κ1) is 23.9. The van der Waals surface area contributed by atoms with Crippen molar-refractivity contribution in [2.45, 2.75) is 32.8 Å². The lowest BCUT2D eigenvalue weighted by atomic mass is 9.67. The molecule has 5 heteroatoms. The molecule has 1 amide bonds. The van der Waals surface area contributed by atoms with Gasteiger partial charge >= 0.3 is 12.1 Å². The van der Waals surface area contributed by atoms with Gasteiger partial charge in [-0.2, -0.15) is 0 Å². The SMILES string of the molecule is CCOC(=O)c1ccc(C2=CC3(CCN(C(=O)OCc4ccccc4)CC3)Cc3ccccc32)cc1. The third kappa shape index (κ3) is 5.06. The number of fused-ring (bicyclic) bond motifs is 1. The molecule has 1 aliphatic heterocycles. The van der Waals surface area contributed by atoms with Crippen molar-refractivity contribution < 1.29 is 19.1 Å². The van der Waals surface area contributed by atoms with Crippen molar-refractivity contribution >= 4 is 17.6 Å². The largest absolute Gasteiger partial charge is 0.462 e. The Morgan fingerprint density at radius 1 is 0.861 bits per heavy atom. The van der Waals surface area contributed by atoms with Crippen molar-refractivity contribution in [2.75, 3.05) is 19.7 Å². The number of hydrogen-bond acceptors (Lipinski definition) is 4. The standard InChI is InChI=1S/C31H31NO4/c1-2-35-29(33)25-14-12-24(13-15-25)28-21-31(20-26-10-6-7-11-27(26)28)16-18-32(19-17-31)30(34)36-22-23-8-4-3-5-9-23/h3-15,21H,2,16-20,22H2,1H3. The van der Waals surface area contributed by atoms with Gasteiger partial charge in [-0.15, -0.1) is 0 Å². The topological polar surface area (TPSA) is 55.8 Å². The number of benzene rings is 3. The predicted octanol–water partition coefficient (Wildman–Crippen LogP) is 6.27. The maximum absolute atomic E-state index is 12.7. The average molecular weight is 482 g/mol. The Bertz CT molecular complexity index is 1260. The van der Waals surface area contributed by atoms with Gasteiger partial charge in [-0.05, 0) is 71.6 Å². The molecule has 1 saturated heterocycles. The maximum atomic E-state index is 12.7. The van der Waals surface area contributed by atoms with Crippen LogP contribution in [0.1, 0.15) is 52.4 Å². The minimum absolute atomic E-state index is 0.0142. The Morgan fingerprint density at radius 2 is 1.56 bits per heavy atom. The number of nitrogens with zero attached hydrogens (tertiary/aromatic N) is 1. The molecule has 5 nitrogen and oxygen atoms in total. The molecule has 1 aliphatic carbocycles. The van der Waals surface area contributed by atoms with Crippen LogP contribution >= 0.6 is 0 Å². The molecule has 0 bridgehead atoms. The summed E-state index contributed by atoms with van der Waals surface area (Å²) in [6.45, 7) is 3.80. The first-order valence-corrected chi connectivity index (χ1v) is 12.6. The smallest absolute Gasteiger partial charge is 0.410 e. The number of rotatable bonds is 5. The van der Waals surface area contributed by atoms with Crippen LogP contribution in [-0.2, 0) is 22.5 Å². The molecule has 0 atom stereocenters. The number of hydrogen-bond donors (Lipinski definition) is 0. The van der Waals surface area contributed by atoms with E-state index in [-0.39, 0.29) is 17.5 Å². The Kier molecular flexibility index (Phi) is 6.90. The van der Waals surface area contributed by atoms with Gasteiger partial charge in [0, 0.05) is 13.1 Å². The summed E-state index contributed by atoms with van der Waals surface area (Å²) >= 11 is 0. The van der Waals surface area contributed by atoms with E-state index in [1.54, 1.807) is 0 Å². The highest BCUT2D eigenvalue weighted by Crippen LogP contribution is 2.45. The normalized spacial score (nSPS) is 16.1. The predicted molar refractivity (Wildman–Crippen MR) is 139 cm³/mol. The van der Waals surface area contributed by atoms with Crippen LogP contribution in [0.15, 0.2) is 84.9 Å². The second-order valence-electron chi connectivity index (χ2n) is 9.58. The molecule has 1 heterocycles. The molecule has 36 heavy (non-hydrogen) atoms. The van der Waals surface area contributed by atoms with Gasteiger partial charge in [0.25, 0.3) is 0 Å². The van der Waals surface area contributed by atoms with Crippen LogP contribution in [0.4, 0.5) is 4.79 Å². The lowest BCUT2D eigenvalue weighted by Crippen LogP contribution is -2.44. The summed E-state index contributed by atoms with van der Waals surface area (Å²) in [5, 5.41) is 0. The van der Waals surface area contributed by atoms with Crippen molar-refractivity contribution in [2.24, 2.45) is 5.41 Å². The highest BCUT2D eigenvalue weighted by molar-refractivity contribution is 5.91. The number of allylic oxidation sites excluding steroid dienone is 1. The van der Waals surface area contributed by atoms with Gasteiger partial charge in [0.05, 0.1) is 12.2 Å². The molecule has 3 aromatic rings. The number of carbonyl (C=O) groups excluding carboxylic acids is 2. The number of esters is 1. The summed E-state index contributed by atoms with van der Waals surface area (Å²) in [7, 11) is 0. The van der Waals surface area contributed by atoms with Crippen molar-refractivity contribution in [1.29, 1.82) is 0 Å². The molecular weight excluding hydrogens is 450 g/mol. The minimum atomic E-state index is -0.301. The third-order valence-corrected chi connectivity index (χ3v) is 7.23. The van der Waals surface area contributed by atoms with Gasteiger partial charge in [-0.3, -0.25) is 0 Å². The summed E-state index contributed by atoms with van der Waals surface area (Å²) in [6.07, 6.45) is 4.88. The molecule has 184 valence electrons. The molecular formula is C31H31NO4. The summed E-state index contributed by atoms with van der Waals surface area (Å²) in [4.78, 5) is 26.6. The van der Waals surface area contributed by atoms with Gasteiger partial charge in [0.15, 0.2) is 0 Å². The Labute approximate surface area is 212 Å². The second-order valence-corrected chi connectivity index (χ2v) is 9.58. The highest BCUT2D eigenvalue weighted by atomic mass is 16.6. The van der Waals surface area contributed by atoms with Crippen LogP contribution in [0.3, 0.4) is 0 Å². The molecule has 0 aromatic heterocycles. The monoisotopic (exact) mass is 481 g/mol. The lowest BCUT2D eigenvalue weighted by Gasteiger charge is -2.43. The average Bonchev–Trinajstić information content (AvgIpc) is 2.92. The Balaban J connectivity index is 1.33. The first-order valence-electron chi connectivity index (χ1n) is 12.6. The molecule has 0 radical (unpaired) electrons. The van der Waals surface area contributed by atoms with Gasteiger partial charge < -0.3 is 14.4 Å². The maximum Gasteiger partial charge on any atom is 0.410 e. The first-order chi connectivity index (χ1) is 17.6. The van der Waals surface area contributed by atoms with Gasteiger partial charge in [-0.1, -0.05) is 72.8 Å². The fourth-order valence-electron chi connectivity index (χ4n) is 5.26. The van der Waals surface area contributed by atoms with Crippen molar-refractivity contribution in [3.05, 3.63) is 113 Å². The van der Waals surface area contributed by atoms with Crippen molar-refractivity contribution in [1.82, 2.24) is 4.90 Å². The zero-order valence-corrected chi connectivity index (χ0v) is 20.6. The van der Waals surface area contributed by atoms with Gasteiger partial charge in [0.1, 0.15) is 6.61 Å². The summed E-state index contributed by atoms with van der Waals surface area (Å²) < 4.78 is 10.7. The van der Waals surface area contributed by atoms with E-state index in [1.807, 2.05) is 66.4 Å². The fraction of sp³-hybridized carbons (Fsp3) is 0.290. The Hall–Kier alpha value is -3.86. The third-order valence-electron chi connectivity index (χ3n) is 7.23. The molecule has 5 rings (SSSR count). The summed E-state index contributed by atoms with van der Waals surface area (Å²) in [6, 6.07) is 26.0. The van der Waals surface area contributed by atoms with Crippen LogP contribution in [0.5, 0.6) is 0 Å². The van der Waals surface area contributed by atoms with E-state index in [0.29, 0.717) is 31.9 Å². The zero-order chi connectivity index (χ0) is 25.0. The molecule has 0 N–H and O–H groups in total. The molecule has 1 fully saturated rings. The number of amides is 1. The Morgan fingerprint density at radius 3 is 2.28 bits per heavy atom. The van der Waals surface area contributed by atoms with Gasteiger partial charge in [-0.25, -0.2) is 9.59 Å². The van der Waals surface area contributed by atoms with E-state index in [0.717, 1.165) is 30.4 Å². The number of likely N-dealkylation sites (tertiary alicyclic amines) is 1. The summed E-state index contributed by atoms with van der Waals surface area (Å²) in [5.41, 5.74) is 6.36. The van der Waals surface area contributed by atoms with Crippen molar-refractivity contribution in [3.63, 3.8) is 0 Å². The fourth-order valence-corrected chi connectivity index (χ4v) is 5.26. The number of ether oxygens (including phenoxy) is 2. The molecule has 1 spiro atoms. The quantitative estimate of drug-likeness (QED) is 0.403. The van der Waals surface area contributed by atoms with Crippen LogP contribution in [-0.4, -0.2) is 36.7 Å². The van der Waals surface area contributed by atoms with E-state index >= 15 is 0 Å². The van der Waals surface area contributed by atoms with Crippen LogP contribution < -0.4 is 0 Å². The van der Waals surface area contributed by atoms with E-state index in [1.165, 1.54) is 16.7 Å². The van der Waals surface area contributed by atoms with Gasteiger partial charge in [0.2, 0.25) is 0 Å². The van der Waals surface area contributed by atoms with Crippen LogP contribution in [0.25, 0.3) is 5.57 Å². The molecule has 0 unspecified atom stereocenters. The number of piperidine rings is 1. The summed E-state index contributed by atoms with van der Waals surface area (Å²) in [5.74, 6) is -0.301. The molecule has 0 saturated carbocycles. The van der Waals surface area contributed by atoms with Crippen LogP contribution in [0.2, 0.25) is 0 Å².